The Labute approximate surface area is 126 Å². The average molecular weight is 294 g/mol. The van der Waals surface area contributed by atoms with Gasteiger partial charge in [0.15, 0.2) is 5.82 Å². The van der Waals surface area contributed by atoms with Crippen LogP contribution in [0, 0.1) is 0 Å². The molecule has 1 atom stereocenters. The summed E-state index contributed by atoms with van der Waals surface area (Å²) in [6, 6.07) is 3.01. The lowest BCUT2D eigenvalue weighted by Gasteiger charge is -2.25. The van der Waals surface area contributed by atoms with Crippen LogP contribution in [0.1, 0.15) is 32.5 Å². The third-order valence-corrected chi connectivity index (χ3v) is 3.75. The van der Waals surface area contributed by atoms with Crippen molar-refractivity contribution in [2.75, 3.05) is 30.9 Å². The van der Waals surface area contributed by atoms with Crippen molar-refractivity contribution in [3.63, 3.8) is 0 Å². The van der Waals surface area contributed by atoms with E-state index in [2.05, 4.69) is 39.6 Å². The number of likely N-dealkylation sites (N-methyl/N-ethyl adjacent to an activating group) is 1. The molecule has 0 aliphatic heterocycles. The van der Waals surface area contributed by atoms with Crippen LogP contribution in [0.2, 0.25) is 0 Å². The topological polar surface area (TPSA) is 88.3 Å². The van der Waals surface area contributed by atoms with Gasteiger partial charge in [-0.2, -0.15) is 0 Å². The Hall–Kier alpha value is -1.44. The van der Waals surface area contributed by atoms with Gasteiger partial charge in [-0.15, -0.1) is 0 Å². The second-order valence-electron chi connectivity index (χ2n) is 5.46. The van der Waals surface area contributed by atoms with Crippen molar-refractivity contribution >= 4 is 11.6 Å². The van der Waals surface area contributed by atoms with E-state index < -0.39 is 0 Å². The molecule has 0 spiro atoms. The molecule has 0 amide bonds. The van der Waals surface area contributed by atoms with E-state index in [0.717, 1.165) is 18.4 Å². The highest BCUT2D eigenvalue weighted by atomic mass is 16.5. The number of aromatic nitrogens is 2. The van der Waals surface area contributed by atoms with Gasteiger partial charge in [0.2, 0.25) is 0 Å². The van der Waals surface area contributed by atoms with Crippen LogP contribution in [0.5, 0.6) is 0 Å². The number of anilines is 2. The van der Waals surface area contributed by atoms with Gasteiger partial charge in [0.1, 0.15) is 18.2 Å². The third kappa shape index (κ3) is 4.80. The molecule has 1 heterocycles. The predicted octanol–water partition coefficient (Wildman–Crippen LogP) is 1.19. The average Bonchev–Trinajstić information content (AvgIpc) is 3.34. The molecule has 0 radical (unpaired) electrons. The van der Waals surface area contributed by atoms with E-state index in [-0.39, 0.29) is 0 Å². The molecule has 1 aliphatic rings. The van der Waals surface area contributed by atoms with Crippen molar-refractivity contribution in [2.24, 2.45) is 5.84 Å². The Morgan fingerprint density at radius 2 is 2.14 bits per heavy atom. The summed E-state index contributed by atoms with van der Waals surface area (Å²) < 4.78 is 5.35. The molecule has 1 fully saturated rings. The number of hydrazine groups is 1. The number of nitrogens with one attached hydrogen (secondary N) is 2. The van der Waals surface area contributed by atoms with E-state index in [0.29, 0.717) is 30.9 Å². The number of nitrogen functional groups attached to an aromatic ring is 1. The van der Waals surface area contributed by atoms with Gasteiger partial charge in [0, 0.05) is 31.3 Å². The normalized spacial score (nSPS) is 16.0. The third-order valence-electron chi connectivity index (χ3n) is 3.75. The molecule has 21 heavy (non-hydrogen) atoms. The van der Waals surface area contributed by atoms with Crippen LogP contribution in [0.3, 0.4) is 0 Å². The smallest absolute Gasteiger partial charge is 0.158 e. The quantitative estimate of drug-likeness (QED) is 0.466. The number of hydrogen-bond acceptors (Lipinski definition) is 7. The number of nitrogens with zero attached hydrogens (tertiary/aromatic N) is 3. The van der Waals surface area contributed by atoms with E-state index in [9.17, 15) is 0 Å². The molecule has 1 aromatic rings. The first kappa shape index (κ1) is 15.9. The van der Waals surface area contributed by atoms with Gasteiger partial charge in [-0.25, -0.2) is 15.8 Å². The van der Waals surface area contributed by atoms with E-state index in [1.165, 1.54) is 12.8 Å². The Bertz CT molecular complexity index is 451. The maximum absolute atomic E-state index is 5.45. The van der Waals surface area contributed by atoms with Crippen molar-refractivity contribution in [2.45, 2.75) is 45.4 Å². The molecule has 2 rings (SSSR count). The lowest BCUT2D eigenvalue weighted by atomic mass is 10.3. The van der Waals surface area contributed by atoms with E-state index in [4.69, 9.17) is 10.6 Å². The molecule has 0 bridgehead atoms. The van der Waals surface area contributed by atoms with Crippen LogP contribution in [0.25, 0.3) is 0 Å². The second-order valence-corrected chi connectivity index (χ2v) is 5.46. The van der Waals surface area contributed by atoms with Crippen molar-refractivity contribution in [1.29, 1.82) is 0 Å². The summed E-state index contributed by atoms with van der Waals surface area (Å²) in [6.45, 7) is 6.02. The lowest BCUT2D eigenvalue weighted by Crippen LogP contribution is -2.36. The first-order chi connectivity index (χ1) is 10.1. The van der Waals surface area contributed by atoms with Gasteiger partial charge in [-0.05, 0) is 33.7 Å². The van der Waals surface area contributed by atoms with Crippen molar-refractivity contribution in [3.8, 4) is 0 Å². The van der Waals surface area contributed by atoms with E-state index in [1.807, 2.05) is 6.92 Å². The van der Waals surface area contributed by atoms with Gasteiger partial charge >= 0.3 is 0 Å². The maximum Gasteiger partial charge on any atom is 0.158 e. The fourth-order valence-corrected chi connectivity index (χ4v) is 2.16. The summed E-state index contributed by atoms with van der Waals surface area (Å²) in [5.74, 6) is 7.43. The first-order valence-electron chi connectivity index (χ1n) is 7.52. The molecule has 1 saturated carbocycles. The summed E-state index contributed by atoms with van der Waals surface area (Å²) in [5, 5.41) is 3.36. The molecule has 1 unspecified atom stereocenters. The van der Waals surface area contributed by atoms with Gasteiger partial charge < -0.3 is 15.5 Å². The van der Waals surface area contributed by atoms with Crippen LogP contribution in [0.4, 0.5) is 11.6 Å². The van der Waals surface area contributed by atoms with E-state index >= 15 is 0 Å². The summed E-state index contributed by atoms with van der Waals surface area (Å²) in [7, 11) is 2.18. The van der Waals surface area contributed by atoms with Gasteiger partial charge in [-0.1, -0.05) is 0 Å². The molecule has 0 saturated heterocycles. The summed E-state index contributed by atoms with van der Waals surface area (Å²) >= 11 is 0. The first-order valence-corrected chi connectivity index (χ1v) is 7.52. The summed E-state index contributed by atoms with van der Waals surface area (Å²) in [4.78, 5) is 11.1. The largest absolute Gasteiger partial charge is 0.374 e. The van der Waals surface area contributed by atoms with E-state index in [1.54, 1.807) is 6.07 Å². The van der Waals surface area contributed by atoms with Gasteiger partial charge in [0.25, 0.3) is 0 Å². The van der Waals surface area contributed by atoms with Crippen molar-refractivity contribution in [3.05, 3.63) is 11.9 Å². The molecule has 7 heteroatoms. The van der Waals surface area contributed by atoms with Crippen LogP contribution < -0.4 is 16.6 Å². The monoisotopic (exact) mass is 294 g/mol. The Morgan fingerprint density at radius 3 is 2.76 bits per heavy atom. The van der Waals surface area contributed by atoms with Crippen LogP contribution >= 0.6 is 0 Å². The molecule has 1 aliphatic carbocycles. The molecule has 1 aromatic heterocycles. The van der Waals surface area contributed by atoms with Gasteiger partial charge in [-0.3, -0.25) is 4.90 Å². The predicted molar refractivity (Wildman–Crippen MR) is 83.9 cm³/mol. The maximum atomic E-state index is 5.45. The van der Waals surface area contributed by atoms with Crippen LogP contribution in [-0.2, 0) is 11.3 Å². The van der Waals surface area contributed by atoms with Crippen LogP contribution in [0.15, 0.2) is 6.07 Å². The van der Waals surface area contributed by atoms with Crippen molar-refractivity contribution in [1.82, 2.24) is 14.9 Å². The fourth-order valence-electron chi connectivity index (χ4n) is 2.16. The number of ether oxygens (including phenoxy) is 1. The molecule has 0 aromatic carbocycles. The Kier molecular flexibility index (Phi) is 5.72. The zero-order chi connectivity index (χ0) is 15.2. The zero-order valence-corrected chi connectivity index (χ0v) is 13.1. The number of hydrogen-bond donors (Lipinski definition) is 3. The highest BCUT2D eigenvalue weighted by molar-refractivity contribution is 5.46. The van der Waals surface area contributed by atoms with Gasteiger partial charge in [0.05, 0.1) is 0 Å². The second kappa shape index (κ2) is 7.53. The molecule has 4 N–H and O–H groups in total. The van der Waals surface area contributed by atoms with Crippen molar-refractivity contribution < 1.29 is 4.74 Å². The highest BCUT2D eigenvalue weighted by Gasteiger charge is 2.28. The minimum atomic E-state index is 0.387. The Morgan fingerprint density at radius 1 is 1.43 bits per heavy atom. The fraction of sp³-hybridized carbons (Fsp3) is 0.714. The Balaban J connectivity index is 1.94. The molecular formula is C14H26N6O. The highest BCUT2D eigenvalue weighted by Crippen LogP contribution is 2.26. The number of nitrogens with two attached hydrogens (primary N) is 1. The lowest BCUT2D eigenvalue weighted by molar-refractivity contribution is 0.128. The summed E-state index contributed by atoms with van der Waals surface area (Å²) in [6.07, 6.45) is 2.63. The molecule has 118 valence electrons. The summed E-state index contributed by atoms with van der Waals surface area (Å²) in [5.41, 5.74) is 2.57. The number of rotatable bonds is 9. The zero-order valence-electron chi connectivity index (χ0n) is 13.1. The molecule has 7 nitrogen and oxygen atoms in total. The minimum Gasteiger partial charge on any atom is -0.374 e. The SMILES string of the molecule is CCOCc1nc(NN)cc(NCC(C)N(C)C2CC2)n1. The minimum absolute atomic E-state index is 0.387. The standard InChI is InChI=1S/C14H26N6O/c1-4-21-9-14-17-12(7-13(18-14)19-15)16-8-10(2)20(3)11-5-6-11/h7,10-11H,4-6,8-9,15H2,1-3H3,(H2,16,17,18,19). The van der Waals surface area contributed by atoms with Crippen LogP contribution in [-0.4, -0.2) is 47.2 Å². The molecular weight excluding hydrogens is 268 g/mol.